The molecule has 2 aliphatic carbocycles. The number of pyridine rings is 1. The number of hydrogen-bond acceptors (Lipinski definition) is 14. The quantitative estimate of drug-likeness (QED) is 0.0644. The predicted molar refractivity (Wildman–Crippen MR) is 274 cm³/mol. The summed E-state index contributed by atoms with van der Waals surface area (Å²) in [5.74, 6) is 0.878. The maximum Gasteiger partial charge on any atom is 0.268 e. The first-order chi connectivity index (χ1) is 34.8. The van der Waals surface area contributed by atoms with Gasteiger partial charge in [0.05, 0.1) is 61.8 Å². The van der Waals surface area contributed by atoms with E-state index in [1.54, 1.807) is 37.7 Å². The lowest BCUT2D eigenvalue weighted by molar-refractivity contribution is -0.512. The van der Waals surface area contributed by atoms with Crippen LogP contribution in [-0.4, -0.2) is 123 Å². The number of methoxy groups -OCH3 is 1. The molecule has 3 atom stereocenters. The smallest absolute Gasteiger partial charge is 0.268 e. The Labute approximate surface area is 420 Å². The van der Waals surface area contributed by atoms with Crippen LogP contribution in [-0.2, 0) is 26.0 Å². The fourth-order valence-corrected chi connectivity index (χ4v) is 12.4. The van der Waals surface area contributed by atoms with Crippen LogP contribution in [0.2, 0.25) is 0 Å². The van der Waals surface area contributed by atoms with E-state index in [1.807, 2.05) is 24.3 Å². The third-order valence-corrected chi connectivity index (χ3v) is 16.8. The van der Waals surface area contributed by atoms with Crippen molar-refractivity contribution < 1.29 is 37.1 Å². The van der Waals surface area contributed by atoms with Gasteiger partial charge in [0.1, 0.15) is 22.9 Å². The number of carbonyl (C=O) groups is 1. The van der Waals surface area contributed by atoms with Gasteiger partial charge >= 0.3 is 0 Å². The van der Waals surface area contributed by atoms with Crippen LogP contribution in [0.1, 0.15) is 85.0 Å². The van der Waals surface area contributed by atoms with E-state index in [4.69, 9.17) is 18.9 Å². The number of piperidine rings is 1. The van der Waals surface area contributed by atoms with E-state index in [0.29, 0.717) is 49.2 Å². The molecule has 3 saturated heterocycles. The number of ether oxygens (including phenoxy) is 4. The minimum Gasteiger partial charge on any atom is -0.497 e. The van der Waals surface area contributed by atoms with Crippen molar-refractivity contribution in [3.63, 3.8) is 0 Å². The van der Waals surface area contributed by atoms with Gasteiger partial charge in [0.25, 0.3) is 22.0 Å². The second-order valence-corrected chi connectivity index (χ2v) is 21.9. The van der Waals surface area contributed by atoms with Crippen molar-refractivity contribution in [2.24, 2.45) is 5.41 Å². The Morgan fingerprint density at radius 2 is 1.79 bits per heavy atom. The molecule has 2 aromatic heterocycles. The number of piperazine rings is 1. The molecule has 17 nitrogen and oxygen atoms in total. The summed E-state index contributed by atoms with van der Waals surface area (Å²) < 4.78 is 52.7. The first-order valence-corrected chi connectivity index (χ1v) is 26.6. The molecule has 0 radical (unpaired) electrons. The fraction of sp³-hybridized carbons (Fsp3) is 0.444. The third-order valence-electron chi connectivity index (χ3n) is 15.3. The summed E-state index contributed by atoms with van der Waals surface area (Å²) in [5, 5.41) is 16.0. The first-order valence-electron chi connectivity index (χ1n) is 25.1. The van der Waals surface area contributed by atoms with E-state index >= 15 is 0 Å². The zero-order chi connectivity index (χ0) is 50.0. The van der Waals surface area contributed by atoms with Crippen molar-refractivity contribution in [1.82, 2.24) is 29.8 Å². The molecule has 18 heteroatoms. The summed E-state index contributed by atoms with van der Waals surface area (Å²) in [4.78, 5) is 40.7. The number of nitrogens with one attached hydrogen (secondary N) is 3. The van der Waals surface area contributed by atoms with Gasteiger partial charge in [-0.3, -0.25) is 24.7 Å². The van der Waals surface area contributed by atoms with E-state index in [1.165, 1.54) is 28.8 Å². The van der Waals surface area contributed by atoms with Crippen molar-refractivity contribution in [3.05, 3.63) is 146 Å². The Balaban J connectivity index is 0.830. The number of rotatable bonds is 16. The number of aromatic amines is 1. The van der Waals surface area contributed by atoms with Gasteiger partial charge in [-0.1, -0.05) is 50.2 Å². The molecule has 10 rings (SSSR count). The number of allylic oxidation sites excluding steroid dienone is 2. The van der Waals surface area contributed by atoms with E-state index in [2.05, 4.69) is 85.0 Å². The molecule has 5 aliphatic rings. The Hall–Kier alpha value is -6.31. The summed E-state index contributed by atoms with van der Waals surface area (Å²) in [6.07, 6.45) is 9.56. The van der Waals surface area contributed by atoms with Gasteiger partial charge in [0.15, 0.2) is 0 Å². The zero-order valence-electron chi connectivity index (χ0n) is 41.1. The topological polar surface area (TPSA) is 194 Å². The SMILES string of the molecule is COc1ccc(CN2CCN(C3CC4(CCN(c5ccc(C(=O)NS(=O)(=O)C6=CC=C(NC[C@H]7COCCO7)C([N+](=O)[O-])C6)c(Oc6cnc7[nH]ccc7c6)c5)CC4)C3)[C@H](c3ccccc3C(C)C)C2)cc1. The summed E-state index contributed by atoms with van der Waals surface area (Å²) in [7, 11) is -2.81. The number of anilines is 1. The lowest BCUT2D eigenvalue weighted by atomic mass is 9.59. The molecule has 3 aromatic carbocycles. The highest BCUT2D eigenvalue weighted by atomic mass is 32.2. The number of amides is 1. The molecule has 1 unspecified atom stereocenters. The third kappa shape index (κ3) is 10.7. The zero-order valence-corrected chi connectivity index (χ0v) is 41.9. The molecule has 3 aliphatic heterocycles. The molecule has 1 amide bonds. The highest BCUT2D eigenvalue weighted by Gasteiger charge is 2.50. The molecule has 1 spiro atoms. The molecular weight excluding hydrogens is 937 g/mol. The van der Waals surface area contributed by atoms with E-state index < -0.39 is 33.3 Å². The number of sulfonamides is 1. The molecule has 380 valence electrons. The summed E-state index contributed by atoms with van der Waals surface area (Å²) in [5.41, 5.74) is 6.12. The van der Waals surface area contributed by atoms with Crippen LogP contribution in [0.3, 0.4) is 0 Å². The summed E-state index contributed by atoms with van der Waals surface area (Å²) in [6, 6.07) is 25.7. The molecular formula is C54H64N8O9S. The molecule has 4 fully saturated rings. The van der Waals surface area contributed by atoms with Gasteiger partial charge in [-0.2, -0.15) is 0 Å². The average molecular weight is 1000 g/mol. The fourth-order valence-electron chi connectivity index (χ4n) is 11.3. The number of nitrogens with zero attached hydrogens (tertiary/aromatic N) is 5. The number of aromatic nitrogens is 2. The predicted octanol–water partition coefficient (Wildman–Crippen LogP) is 7.68. The number of hydrogen-bond donors (Lipinski definition) is 3. The number of benzene rings is 3. The van der Waals surface area contributed by atoms with Crippen molar-refractivity contribution in [3.8, 4) is 17.2 Å². The van der Waals surface area contributed by atoms with E-state index in [-0.39, 0.29) is 40.0 Å². The minimum atomic E-state index is -4.52. The van der Waals surface area contributed by atoms with Crippen molar-refractivity contribution in [1.29, 1.82) is 0 Å². The molecule has 1 saturated carbocycles. The van der Waals surface area contributed by atoms with Gasteiger partial charge < -0.3 is 34.1 Å². The largest absolute Gasteiger partial charge is 0.497 e. The van der Waals surface area contributed by atoms with Crippen LogP contribution in [0, 0.1) is 15.5 Å². The molecule has 5 heterocycles. The Morgan fingerprint density at radius 1 is 0.986 bits per heavy atom. The number of carbonyl (C=O) groups excluding carboxylic acids is 1. The maximum atomic E-state index is 14.1. The van der Waals surface area contributed by atoms with Crippen LogP contribution in [0.25, 0.3) is 11.0 Å². The highest BCUT2D eigenvalue weighted by molar-refractivity contribution is 7.93. The van der Waals surface area contributed by atoms with Crippen molar-refractivity contribution in [2.45, 2.75) is 82.6 Å². The normalized spacial score (nSPS) is 22.0. The van der Waals surface area contributed by atoms with Crippen LogP contribution in [0.15, 0.2) is 114 Å². The van der Waals surface area contributed by atoms with Crippen LogP contribution >= 0.6 is 0 Å². The van der Waals surface area contributed by atoms with E-state index in [0.717, 1.165) is 81.8 Å². The number of fused-ring (bicyclic) bond motifs is 1. The molecule has 3 N–H and O–H groups in total. The molecule has 0 bridgehead atoms. The van der Waals surface area contributed by atoms with Gasteiger partial charge in [0, 0.05) is 86.2 Å². The van der Waals surface area contributed by atoms with Crippen molar-refractivity contribution >= 4 is 32.7 Å². The summed E-state index contributed by atoms with van der Waals surface area (Å²) >= 11 is 0. The Morgan fingerprint density at radius 3 is 2.54 bits per heavy atom. The van der Waals surface area contributed by atoms with Crippen LogP contribution in [0.4, 0.5) is 5.69 Å². The highest BCUT2D eigenvalue weighted by Crippen LogP contribution is 2.53. The maximum absolute atomic E-state index is 14.1. The lowest BCUT2D eigenvalue weighted by Gasteiger charge is -2.58. The standard InChI is InChI=1S/C54H64N8O9S/c1-36(2)45-6-4-5-7-46(45)50-34-59(33-37-8-11-41(68-3)12-9-37)22-23-61(50)40-29-54(30-40)17-20-60(21-18-54)39-10-14-47(51(27-39)71-42-26-38-16-19-55-52(38)57-31-42)53(63)58-72(66,67)44-13-15-48(49(28-44)62(64)65)56-32-43-35-69-24-25-70-43/h4-16,19,26-27,31,36,40,43,49-50,56H,17-18,20-25,28-30,32-35H2,1-3H3,(H,55,57)(H,58,63)/t43-,49?,50-/m0/s1. The first kappa shape index (κ1) is 49.3. The Kier molecular flexibility index (Phi) is 14.4. The summed E-state index contributed by atoms with van der Waals surface area (Å²) in [6.45, 7) is 11.6. The number of nitro groups is 1. The Bertz CT molecular complexity index is 2940. The van der Waals surface area contributed by atoms with Crippen LogP contribution < -0.4 is 24.4 Å². The second-order valence-electron chi connectivity index (χ2n) is 20.2. The minimum absolute atomic E-state index is 0.0145. The molecule has 5 aromatic rings. The molecule has 72 heavy (non-hydrogen) atoms. The van der Waals surface area contributed by atoms with E-state index in [9.17, 15) is 23.3 Å². The van der Waals surface area contributed by atoms with Gasteiger partial charge in [0.2, 0.25) is 0 Å². The van der Waals surface area contributed by atoms with Gasteiger partial charge in [-0.15, -0.1) is 0 Å². The lowest BCUT2D eigenvalue weighted by Crippen LogP contribution is -2.60. The average Bonchev–Trinajstić information content (AvgIpc) is 3.86. The van der Waals surface area contributed by atoms with Crippen LogP contribution in [0.5, 0.6) is 17.2 Å². The van der Waals surface area contributed by atoms with Crippen molar-refractivity contribution in [2.75, 3.05) is 71.1 Å². The second kappa shape index (κ2) is 21.0. The van der Waals surface area contributed by atoms with Gasteiger partial charge in [-0.25, -0.2) is 18.1 Å². The monoisotopic (exact) mass is 1000 g/mol. The number of H-pyrrole nitrogens is 1. The van der Waals surface area contributed by atoms with Gasteiger partial charge in [-0.05, 0) is 102 Å².